The summed E-state index contributed by atoms with van der Waals surface area (Å²) in [5.74, 6) is 0. The lowest BCUT2D eigenvalue weighted by atomic mass is 9.79. The average molecular weight is 312 g/mol. The Bertz CT molecular complexity index is 546. The van der Waals surface area contributed by atoms with Gasteiger partial charge in [-0.15, -0.1) is 0 Å². The third kappa shape index (κ3) is 3.34. The van der Waals surface area contributed by atoms with Crippen molar-refractivity contribution in [2.24, 2.45) is 0 Å². The average Bonchev–Trinajstić information content (AvgIpc) is 2.56. The Morgan fingerprint density at radius 3 is 2.33 bits per heavy atom. The molecule has 0 atom stereocenters. The molecule has 1 aromatic carbocycles. The number of nitrogens with one attached hydrogen (secondary N) is 1. The molecule has 5 nitrogen and oxygen atoms in total. The molecule has 0 saturated carbocycles. The van der Waals surface area contributed by atoms with Crippen molar-refractivity contribution in [2.75, 3.05) is 0 Å². The third-order valence-electron chi connectivity index (χ3n) is 4.03. The first-order valence-corrected chi connectivity index (χ1v) is 7.11. The van der Waals surface area contributed by atoms with Crippen LogP contribution < -0.4 is 10.8 Å². The molecule has 0 bridgehead atoms. The van der Waals surface area contributed by atoms with Gasteiger partial charge in [-0.05, 0) is 44.8 Å². The minimum atomic E-state index is -1.08. The van der Waals surface area contributed by atoms with Gasteiger partial charge in [-0.2, -0.15) is 0 Å². The van der Waals surface area contributed by atoms with Crippen LogP contribution in [0.15, 0.2) is 18.2 Å². The fraction of sp³-hybridized carbons (Fsp3) is 0.500. The van der Waals surface area contributed by atoms with E-state index in [0.717, 1.165) is 5.46 Å². The lowest BCUT2D eigenvalue weighted by Gasteiger charge is -2.32. The first kappa shape index (κ1) is 16.1. The van der Waals surface area contributed by atoms with Gasteiger partial charge in [-0.1, -0.05) is 23.7 Å². The minimum Gasteiger partial charge on any atom is -0.465 e. The Hall–Kier alpha value is -1.24. The second-order valence-electron chi connectivity index (χ2n) is 6.10. The van der Waals surface area contributed by atoms with Gasteiger partial charge >= 0.3 is 13.2 Å². The van der Waals surface area contributed by atoms with Gasteiger partial charge in [-0.3, -0.25) is 0 Å². The fourth-order valence-corrected chi connectivity index (χ4v) is 2.26. The Morgan fingerprint density at radius 2 is 1.86 bits per heavy atom. The van der Waals surface area contributed by atoms with E-state index in [2.05, 4.69) is 5.32 Å². The van der Waals surface area contributed by atoms with Crippen molar-refractivity contribution in [3.8, 4) is 0 Å². The Labute approximate surface area is 129 Å². The molecule has 0 aromatic heterocycles. The Morgan fingerprint density at radius 1 is 1.29 bits per heavy atom. The van der Waals surface area contributed by atoms with E-state index in [1.54, 1.807) is 12.1 Å². The summed E-state index contributed by atoms with van der Waals surface area (Å²) in [5, 5.41) is 11.4. The molecule has 1 heterocycles. The molecule has 21 heavy (non-hydrogen) atoms. The summed E-state index contributed by atoms with van der Waals surface area (Å²) in [4.78, 5) is 10.5. The molecule has 1 amide bonds. The summed E-state index contributed by atoms with van der Waals surface area (Å²) >= 11 is 6.19. The monoisotopic (exact) mass is 311 g/mol. The molecule has 1 aromatic rings. The first-order valence-electron chi connectivity index (χ1n) is 6.73. The summed E-state index contributed by atoms with van der Waals surface area (Å²) < 4.78 is 11.9. The minimum absolute atomic E-state index is 0.164. The van der Waals surface area contributed by atoms with Gasteiger partial charge in [0.1, 0.15) is 0 Å². The van der Waals surface area contributed by atoms with E-state index in [0.29, 0.717) is 10.6 Å². The quantitative estimate of drug-likeness (QED) is 0.841. The van der Waals surface area contributed by atoms with Crippen LogP contribution in [0.25, 0.3) is 0 Å². The highest BCUT2D eigenvalue weighted by molar-refractivity contribution is 6.62. The number of hydrogen-bond acceptors (Lipinski definition) is 3. The number of halogens is 1. The van der Waals surface area contributed by atoms with Crippen molar-refractivity contribution >= 4 is 30.3 Å². The van der Waals surface area contributed by atoms with Crippen LogP contribution in [0.3, 0.4) is 0 Å². The van der Waals surface area contributed by atoms with Crippen LogP contribution in [-0.4, -0.2) is 29.5 Å². The van der Waals surface area contributed by atoms with Crippen molar-refractivity contribution in [3.05, 3.63) is 28.8 Å². The zero-order valence-corrected chi connectivity index (χ0v) is 13.3. The zero-order chi connectivity index (χ0) is 15.8. The highest BCUT2D eigenvalue weighted by Crippen LogP contribution is 2.36. The highest BCUT2D eigenvalue weighted by Gasteiger charge is 2.51. The molecule has 2 N–H and O–H groups in total. The van der Waals surface area contributed by atoms with Gasteiger partial charge in [0.25, 0.3) is 0 Å². The van der Waals surface area contributed by atoms with Crippen LogP contribution in [0.5, 0.6) is 0 Å². The number of hydrogen-bond donors (Lipinski definition) is 2. The standard InChI is InChI=1S/C14H19BClNO4/c1-13(2)14(3,4)21-15(20-13)10-6-5-9(11(16)7-10)8-17-12(18)19/h5-7,17H,8H2,1-4H3,(H,18,19). The summed E-state index contributed by atoms with van der Waals surface area (Å²) in [5.41, 5.74) is 0.707. The second-order valence-corrected chi connectivity index (χ2v) is 6.51. The van der Waals surface area contributed by atoms with Crippen LogP contribution in [0.1, 0.15) is 33.3 Å². The van der Waals surface area contributed by atoms with Crippen LogP contribution in [0.2, 0.25) is 5.02 Å². The molecule has 0 aliphatic carbocycles. The molecule has 1 aliphatic heterocycles. The Balaban J connectivity index is 2.16. The van der Waals surface area contributed by atoms with Crippen molar-refractivity contribution in [1.82, 2.24) is 5.32 Å². The van der Waals surface area contributed by atoms with E-state index in [1.165, 1.54) is 0 Å². The van der Waals surface area contributed by atoms with Crippen molar-refractivity contribution in [2.45, 2.75) is 45.4 Å². The van der Waals surface area contributed by atoms with Gasteiger partial charge in [0.2, 0.25) is 0 Å². The third-order valence-corrected chi connectivity index (χ3v) is 4.38. The topological polar surface area (TPSA) is 67.8 Å². The molecular formula is C14H19BClNO4. The molecule has 2 rings (SSSR count). The molecule has 0 unspecified atom stereocenters. The van der Waals surface area contributed by atoms with Crippen LogP contribution in [0.4, 0.5) is 4.79 Å². The molecule has 1 saturated heterocycles. The normalized spacial score (nSPS) is 19.6. The molecule has 7 heteroatoms. The van der Waals surface area contributed by atoms with Crippen LogP contribution >= 0.6 is 11.6 Å². The van der Waals surface area contributed by atoms with Gasteiger partial charge < -0.3 is 19.7 Å². The molecule has 0 spiro atoms. The van der Waals surface area contributed by atoms with Crippen molar-refractivity contribution in [1.29, 1.82) is 0 Å². The number of benzene rings is 1. The maximum Gasteiger partial charge on any atom is 0.494 e. The molecule has 0 radical (unpaired) electrons. The van der Waals surface area contributed by atoms with E-state index < -0.39 is 24.4 Å². The van der Waals surface area contributed by atoms with E-state index in [-0.39, 0.29) is 6.54 Å². The molecular weight excluding hydrogens is 292 g/mol. The lowest BCUT2D eigenvalue weighted by Crippen LogP contribution is -2.41. The molecule has 114 valence electrons. The van der Waals surface area contributed by atoms with Gasteiger partial charge in [0, 0.05) is 11.6 Å². The second kappa shape index (κ2) is 5.52. The fourth-order valence-electron chi connectivity index (χ4n) is 2.00. The largest absolute Gasteiger partial charge is 0.494 e. The lowest BCUT2D eigenvalue weighted by molar-refractivity contribution is 0.00578. The summed E-state index contributed by atoms with van der Waals surface area (Å²) in [6.07, 6.45) is -1.08. The van der Waals surface area contributed by atoms with Crippen molar-refractivity contribution in [3.63, 3.8) is 0 Å². The number of rotatable bonds is 3. The summed E-state index contributed by atoms with van der Waals surface area (Å²) in [6, 6.07) is 5.37. The SMILES string of the molecule is CC1(C)OB(c2ccc(CNC(=O)O)c(Cl)c2)OC1(C)C. The van der Waals surface area contributed by atoms with Crippen LogP contribution in [0, 0.1) is 0 Å². The number of amides is 1. The molecule has 1 aliphatic rings. The summed E-state index contributed by atoms with van der Waals surface area (Å²) in [6.45, 7) is 8.11. The predicted molar refractivity (Wildman–Crippen MR) is 82.0 cm³/mol. The van der Waals surface area contributed by atoms with Gasteiger partial charge in [0.15, 0.2) is 0 Å². The zero-order valence-electron chi connectivity index (χ0n) is 12.6. The van der Waals surface area contributed by atoms with Gasteiger partial charge in [0.05, 0.1) is 11.2 Å². The maximum absolute atomic E-state index is 10.5. The Kier molecular flexibility index (Phi) is 4.24. The van der Waals surface area contributed by atoms with E-state index in [4.69, 9.17) is 26.0 Å². The van der Waals surface area contributed by atoms with Crippen LogP contribution in [-0.2, 0) is 15.9 Å². The van der Waals surface area contributed by atoms with E-state index in [1.807, 2.05) is 33.8 Å². The van der Waals surface area contributed by atoms with E-state index >= 15 is 0 Å². The van der Waals surface area contributed by atoms with Crippen molar-refractivity contribution < 1.29 is 19.2 Å². The maximum atomic E-state index is 10.5. The predicted octanol–water partition coefficient (Wildman–Crippen LogP) is 2.41. The summed E-state index contributed by atoms with van der Waals surface area (Å²) in [7, 11) is -0.478. The number of carboxylic acid groups (broad SMARTS) is 1. The smallest absolute Gasteiger partial charge is 0.465 e. The van der Waals surface area contributed by atoms with E-state index in [9.17, 15) is 4.79 Å². The first-order chi connectivity index (χ1) is 9.62. The van der Waals surface area contributed by atoms with Gasteiger partial charge in [-0.25, -0.2) is 4.79 Å². The number of carbonyl (C=O) groups is 1. The molecule has 1 fully saturated rings. The highest BCUT2D eigenvalue weighted by atomic mass is 35.5.